The molecule has 1 aromatic carbocycles. The molecule has 0 aromatic heterocycles. The molecule has 0 radical (unpaired) electrons. The van der Waals surface area contributed by atoms with Crippen molar-refractivity contribution < 1.29 is 31.6 Å². The van der Waals surface area contributed by atoms with Crippen LogP contribution in [0.1, 0.15) is 26.3 Å². The van der Waals surface area contributed by atoms with Gasteiger partial charge in [0, 0.05) is 6.54 Å². The highest BCUT2D eigenvalue weighted by atomic mass is 32.2. The van der Waals surface area contributed by atoms with Crippen LogP contribution >= 0.6 is 0 Å². The lowest BCUT2D eigenvalue weighted by Gasteiger charge is -2.24. The minimum Gasteiger partial charge on any atom is -0.450 e. The molecular weight excluding hydrogens is 374 g/mol. The topological polar surface area (TPSA) is 100 Å². The molecule has 0 atom stereocenters. The van der Waals surface area contributed by atoms with Gasteiger partial charge in [0.2, 0.25) is 0 Å². The second-order valence-corrected chi connectivity index (χ2v) is 7.97. The van der Waals surface area contributed by atoms with Crippen LogP contribution in [0.3, 0.4) is 0 Å². The molecule has 1 amide bonds. The van der Waals surface area contributed by atoms with Crippen molar-refractivity contribution in [2.45, 2.75) is 38.2 Å². The molecule has 1 rings (SSSR count). The summed E-state index contributed by atoms with van der Waals surface area (Å²) in [6.07, 6.45) is -0.481. The average Bonchev–Trinajstić information content (AvgIpc) is 2.57. The molecule has 0 fully saturated rings. The van der Waals surface area contributed by atoms with Gasteiger partial charge in [0.25, 0.3) is 10.1 Å². The number of alkyl carbamates (subject to hydrolysis) is 1. The van der Waals surface area contributed by atoms with Gasteiger partial charge < -0.3 is 19.5 Å². The molecule has 0 saturated carbocycles. The van der Waals surface area contributed by atoms with E-state index in [0.717, 1.165) is 5.56 Å². The molecule has 0 heterocycles. The molecule has 8 nitrogen and oxygen atoms in total. The molecule has 27 heavy (non-hydrogen) atoms. The minimum atomic E-state index is -3.87. The van der Waals surface area contributed by atoms with E-state index in [-0.39, 0.29) is 18.1 Å². The lowest BCUT2D eigenvalue weighted by Crippen LogP contribution is -2.34. The standard InChI is InChI=1S/C18H29NO7S/c1-5-25-17(20)19-10-11-23-12-13-24-14-18(3,4)26-27(21,22)16-8-6-15(2)7-9-16/h6-9H,5,10-14H2,1-4H3,(H,19,20). The van der Waals surface area contributed by atoms with E-state index in [1.807, 2.05) is 6.92 Å². The lowest BCUT2D eigenvalue weighted by molar-refractivity contribution is -0.0206. The quantitative estimate of drug-likeness (QED) is 0.422. The van der Waals surface area contributed by atoms with E-state index in [2.05, 4.69) is 5.32 Å². The first-order valence-corrected chi connectivity index (χ1v) is 10.2. The predicted molar refractivity (Wildman–Crippen MR) is 100 cm³/mol. The van der Waals surface area contributed by atoms with Gasteiger partial charge in [-0.05, 0) is 39.8 Å². The van der Waals surface area contributed by atoms with Crippen LogP contribution in [0.5, 0.6) is 0 Å². The second kappa shape index (κ2) is 11.2. The maximum atomic E-state index is 12.3. The summed E-state index contributed by atoms with van der Waals surface area (Å²) in [4.78, 5) is 11.2. The highest BCUT2D eigenvalue weighted by molar-refractivity contribution is 7.86. The van der Waals surface area contributed by atoms with Crippen molar-refractivity contribution in [1.82, 2.24) is 5.32 Å². The smallest absolute Gasteiger partial charge is 0.407 e. The zero-order valence-electron chi connectivity index (χ0n) is 16.3. The molecule has 154 valence electrons. The van der Waals surface area contributed by atoms with E-state index < -0.39 is 21.8 Å². The fraction of sp³-hybridized carbons (Fsp3) is 0.611. The number of ether oxygens (including phenoxy) is 3. The maximum Gasteiger partial charge on any atom is 0.407 e. The predicted octanol–water partition coefficient (Wildman–Crippen LogP) is 2.26. The first kappa shape index (κ1) is 23.4. The molecule has 0 aliphatic rings. The second-order valence-electron chi connectivity index (χ2n) is 6.42. The molecule has 0 aliphatic heterocycles. The summed E-state index contributed by atoms with van der Waals surface area (Å²) in [6.45, 7) is 8.54. The Morgan fingerprint density at radius 1 is 1.07 bits per heavy atom. The number of hydrogen-bond donors (Lipinski definition) is 1. The zero-order valence-corrected chi connectivity index (χ0v) is 17.1. The van der Waals surface area contributed by atoms with Crippen molar-refractivity contribution in [2.24, 2.45) is 0 Å². The van der Waals surface area contributed by atoms with Gasteiger partial charge in [0.05, 0.1) is 37.9 Å². The molecule has 1 aromatic rings. The van der Waals surface area contributed by atoms with Crippen molar-refractivity contribution in [3.8, 4) is 0 Å². The number of amides is 1. The Bertz CT molecular complexity index is 671. The summed E-state index contributed by atoms with van der Waals surface area (Å²) in [7, 11) is -3.87. The largest absolute Gasteiger partial charge is 0.450 e. The highest BCUT2D eigenvalue weighted by Crippen LogP contribution is 2.21. The Morgan fingerprint density at radius 2 is 1.70 bits per heavy atom. The normalized spacial score (nSPS) is 12.0. The summed E-state index contributed by atoms with van der Waals surface area (Å²) < 4.78 is 45.4. The summed E-state index contributed by atoms with van der Waals surface area (Å²) in [6, 6.07) is 6.46. The number of hydrogen-bond acceptors (Lipinski definition) is 7. The number of nitrogens with one attached hydrogen (secondary N) is 1. The van der Waals surface area contributed by atoms with Crippen molar-refractivity contribution >= 4 is 16.2 Å². The van der Waals surface area contributed by atoms with Crippen molar-refractivity contribution in [2.75, 3.05) is 39.6 Å². The van der Waals surface area contributed by atoms with Gasteiger partial charge >= 0.3 is 6.09 Å². The van der Waals surface area contributed by atoms with Crippen LogP contribution in [0, 0.1) is 6.92 Å². The fourth-order valence-corrected chi connectivity index (χ4v) is 3.23. The fourth-order valence-electron chi connectivity index (χ4n) is 2.02. The van der Waals surface area contributed by atoms with E-state index in [9.17, 15) is 13.2 Å². The first-order valence-electron chi connectivity index (χ1n) is 8.75. The summed E-state index contributed by atoms with van der Waals surface area (Å²) in [5.74, 6) is 0. The van der Waals surface area contributed by atoms with Crippen LogP contribution in [0.15, 0.2) is 29.2 Å². The zero-order chi connectivity index (χ0) is 20.3. The Balaban J connectivity index is 2.25. The van der Waals surface area contributed by atoms with Crippen LogP contribution in [-0.2, 0) is 28.5 Å². The molecule has 1 N–H and O–H groups in total. The average molecular weight is 403 g/mol. The Kier molecular flexibility index (Phi) is 9.71. The third-order valence-corrected chi connectivity index (χ3v) is 4.78. The van der Waals surface area contributed by atoms with E-state index in [0.29, 0.717) is 26.4 Å². The Morgan fingerprint density at radius 3 is 2.33 bits per heavy atom. The van der Waals surface area contributed by atoms with E-state index in [4.69, 9.17) is 18.4 Å². The Labute approximate surface area is 161 Å². The number of rotatable bonds is 12. The van der Waals surface area contributed by atoms with Crippen molar-refractivity contribution in [3.05, 3.63) is 29.8 Å². The van der Waals surface area contributed by atoms with E-state index in [1.165, 1.54) is 12.1 Å². The van der Waals surface area contributed by atoms with Crippen LogP contribution < -0.4 is 5.32 Å². The SMILES string of the molecule is CCOC(=O)NCCOCCOCC(C)(C)OS(=O)(=O)c1ccc(C)cc1. The monoisotopic (exact) mass is 403 g/mol. The third kappa shape index (κ3) is 9.71. The summed E-state index contributed by atoms with van der Waals surface area (Å²) in [5, 5.41) is 2.53. The van der Waals surface area contributed by atoms with Gasteiger partial charge in [0.1, 0.15) is 5.60 Å². The van der Waals surface area contributed by atoms with Gasteiger partial charge in [-0.1, -0.05) is 17.7 Å². The van der Waals surface area contributed by atoms with Crippen molar-refractivity contribution in [1.29, 1.82) is 0 Å². The number of aryl methyl sites for hydroxylation is 1. The summed E-state index contributed by atoms with van der Waals surface area (Å²) in [5.41, 5.74) is -0.0520. The van der Waals surface area contributed by atoms with Crippen LogP contribution in [0.4, 0.5) is 4.79 Å². The lowest BCUT2D eigenvalue weighted by atomic mass is 10.2. The molecule has 0 bridgehead atoms. The van der Waals surface area contributed by atoms with Gasteiger partial charge in [-0.3, -0.25) is 4.18 Å². The maximum absolute atomic E-state index is 12.3. The first-order chi connectivity index (χ1) is 12.7. The van der Waals surface area contributed by atoms with Gasteiger partial charge in [-0.15, -0.1) is 0 Å². The third-order valence-electron chi connectivity index (χ3n) is 3.26. The van der Waals surface area contributed by atoms with Gasteiger partial charge in [0.15, 0.2) is 0 Å². The number of carbonyl (C=O) groups excluding carboxylic acids is 1. The molecule has 9 heteroatoms. The molecule has 0 spiro atoms. The van der Waals surface area contributed by atoms with Crippen LogP contribution in [0.2, 0.25) is 0 Å². The van der Waals surface area contributed by atoms with E-state index >= 15 is 0 Å². The van der Waals surface area contributed by atoms with Crippen LogP contribution in [0.25, 0.3) is 0 Å². The Hall–Kier alpha value is -1.68. The van der Waals surface area contributed by atoms with Gasteiger partial charge in [-0.2, -0.15) is 8.42 Å². The highest BCUT2D eigenvalue weighted by Gasteiger charge is 2.28. The minimum absolute atomic E-state index is 0.0858. The van der Waals surface area contributed by atoms with Gasteiger partial charge in [-0.25, -0.2) is 4.79 Å². The number of carbonyl (C=O) groups is 1. The molecule has 0 unspecified atom stereocenters. The van der Waals surface area contributed by atoms with E-state index in [1.54, 1.807) is 32.9 Å². The van der Waals surface area contributed by atoms with Crippen LogP contribution in [-0.4, -0.2) is 59.7 Å². The summed E-state index contributed by atoms with van der Waals surface area (Å²) >= 11 is 0. The number of benzene rings is 1. The molecule has 0 aliphatic carbocycles. The molecular formula is C18H29NO7S. The molecule has 0 saturated heterocycles. The van der Waals surface area contributed by atoms with Crippen molar-refractivity contribution in [3.63, 3.8) is 0 Å².